The van der Waals surface area contributed by atoms with Crippen LogP contribution in [0.1, 0.15) is 18.7 Å². The standard InChI is InChI=1S/C7H7F3N2O2/c1-4(6(13)14)12-3-2-5(11-12)7(8,9)10/h2-4H,1H3,(H,13,14)/t4-/m1/s1. The molecule has 0 saturated carbocycles. The molecule has 0 amide bonds. The van der Waals surface area contributed by atoms with Gasteiger partial charge < -0.3 is 5.11 Å². The fourth-order valence-corrected chi connectivity index (χ4v) is 0.818. The Labute approximate surface area is 77.0 Å². The van der Waals surface area contributed by atoms with Crippen LogP contribution in [0.4, 0.5) is 13.2 Å². The second-order valence-electron chi connectivity index (χ2n) is 2.69. The van der Waals surface area contributed by atoms with E-state index < -0.39 is 23.9 Å². The molecule has 0 aliphatic carbocycles. The molecule has 0 unspecified atom stereocenters. The molecule has 14 heavy (non-hydrogen) atoms. The molecule has 4 nitrogen and oxygen atoms in total. The van der Waals surface area contributed by atoms with Crippen molar-refractivity contribution >= 4 is 5.97 Å². The van der Waals surface area contributed by atoms with E-state index in [2.05, 4.69) is 5.10 Å². The summed E-state index contributed by atoms with van der Waals surface area (Å²) < 4.78 is 36.9. The number of hydrogen-bond donors (Lipinski definition) is 1. The van der Waals surface area contributed by atoms with Crippen LogP contribution in [0.25, 0.3) is 0 Å². The van der Waals surface area contributed by atoms with Crippen LogP contribution in [0, 0.1) is 0 Å². The van der Waals surface area contributed by atoms with E-state index in [1.165, 1.54) is 6.92 Å². The number of hydrogen-bond acceptors (Lipinski definition) is 2. The third-order valence-corrected chi connectivity index (χ3v) is 1.65. The van der Waals surface area contributed by atoms with Gasteiger partial charge >= 0.3 is 12.1 Å². The van der Waals surface area contributed by atoms with Crippen molar-refractivity contribution in [2.24, 2.45) is 0 Å². The highest BCUT2D eigenvalue weighted by Crippen LogP contribution is 2.27. The summed E-state index contributed by atoms with van der Waals surface area (Å²) >= 11 is 0. The van der Waals surface area contributed by atoms with Crippen molar-refractivity contribution in [3.8, 4) is 0 Å². The van der Waals surface area contributed by atoms with Gasteiger partial charge in [-0.2, -0.15) is 18.3 Å². The summed E-state index contributed by atoms with van der Waals surface area (Å²) in [7, 11) is 0. The van der Waals surface area contributed by atoms with E-state index in [0.717, 1.165) is 16.9 Å². The monoisotopic (exact) mass is 208 g/mol. The summed E-state index contributed by atoms with van der Waals surface area (Å²) in [5, 5.41) is 11.6. The van der Waals surface area contributed by atoms with Gasteiger partial charge in [0.1, 0.15) is 6.04 Å². The van der Waals surface area contributed by atoms with Crippen molar-refractivity contribution < 1.29 is 23.1 Å². The number of alkyl halides is 3. The van der Waals surface area contributed by atoms with Crippen LogP contribution >= 0.6 is 0 Å². The summed E-state index contributed by atoms with van der Waals surface area (Å²) in [6, 6.07) is -0.370. The molecular formula is C7H7F3N2O2. The molecular weight excluding hydrogens is 201 g/mol. The van der Waals surface area contributed by atoms with Gasteiger partial charge in [-0.3, -0.25) is 4.68 Å². The number of rotatable bonds is 2. The molecule has 0 saturated heterocycles. The molecule has 7 heteroatoms. The van der Waals surface area contributed by atoms with E-state index in [-0.39, 0.29) is 0 Å². The number of carboxylic acids is 1. The zero-order valence-electron chi connectivity index (χ0n) is 7.12. The lowest BCUT2D eigenvalue weighted by Gasteiger charge is -2.06. The summed E-state index contributed by atoms with van der Waals surface area (Å²) in [6.45, 7) is 1.25. The van der Waals surface area contributed by atoms with Gasteiger partial charge in [0, 0.05) is 6.20 Å². The van der Waals surface area contributed by atoms with Crippen LogP contribution in [0.2, 0.25) is 0 Å². The maximum absolute atomic E-state index is 12.0. The molecule has 1 heterocycles. The van der Waals surface area contributed by atoms with E-state index in [1.54, 1.807) is 0 Å². The predicted octanol–water partition coefficient (Wildman–Crippen LogP) is 1.55. The van der Waals surface area contributed by atoms with Crippen LogP contribution in [-0.2, 0) is 11.0 Å². The first-order chi connectivity index (χ1) is 6.32. The maximum Gasteiger partial charge on any atom is 0.435 e. The number of aromatic nitrogens is 2. The average molecular weight is 208 g/mol. The van der Waals surface area contributed by atoms with Crippen molar-refractivity contribution in [3.63, 3.8) is 0 Å². The summed E-state index contributed by atoms with van der Waals surface area (Å²) in [6.07, 6.45) is -3.55. The Balaban J connectivity index is 2.94. The second kappa shape index (κ2) is 3.32. The highest BCUT2D eigenvalue weighted by atomic mass is 19.4. The molecule has 1 N–H and O–H groups in total. The third-order valence-electron chi connectivity index (χ3n) is 1.65. The molecule has 1 rings (SSSR count). The van der Waals surface area contributed by atoms with Crippen molar-refractivity contribution in [3.05, 3.63) is 18.0 Å². The molecule has 78 valence electrons. The largest absolute Gasteiger partial charge is 0.480 e. The van der Waals surface area contributed by atoms with Gasteiger partial charge in [0.25, 0.3) is 0 Å². The lowest BCUT2D eigenvalue weighted by atomic mass is 10.4. The van der Waals surface area contributed by atoms with Crippen LogP contribution < -0.4 is 0 Å². The summed E-state index contributed by atoms with van der Waals surface area (Å²) in [5.41, 5.74) is -1.09. The van der Waals surface area contributed by atoms with E-state index in [9.17, 15) is 18.0 Å². The Morgan fingerprint density at radius 1 is 1.64 bits per heavy atom. The molecule has 0 bridgehead atoms. The fraction of sp³-hybridized carbons (Fsp3) is 0.429. The zero-order chi connectivity index (χ0) is 10.9. The van der Waals surface area contributed by atoms with Gasteiger partial charge in [0.2, 0.25) is 0 Å². The highest BCUT2D eigenvalue weighted by molar-refractivity contribution is 5.71. The minimum atomic E-state index is -4.54. The van der Waals surface area contributed by atoms with E-state index in [4.69, 9.17) is 5.11 Å². The fourth-order valence-electron chi connectivity index (χ4n) is 0.818. The maximum atomic E-state index is 12.0. The van der Waals surface area contributed by atoms with Gasteiger partial charge in [-0.15, -0.1) is 0 Å². The molecule has 0 aliphatic rings. The smallest absolute Gasteiger partial charge is 0.435 e. The Hall–Kier alpha value is -1.53. The van der Waals surface area contributed by atoms with Gasteiger partial charge in [-0.05, 0) is 13.0 Å². The van der Waals surface area contributed by atoms with Crippen molar-refractivity contribution in [1.29, 1.82) is 0 Å². The average Bonchev–Trinajstić information content (AvgIpc) is 2.49. The van der Waals surface area contributed by atoms with Crippen LogP contribution in [0.3, 0.4) is 0 Å². The molecule has 0 aliphatic heterocycles. The Morgan fingerprint density at radius 3 is 2.57 bits per heavy atom. The molecule has 0 fully saturated rings. The van der Waals surface area contributed by atoms with Gasteiger partial charge in [0.05, 0.1) is 0 Å². The lowest BCUT2D eigenvalue weighted by Crippen LogP contribution is -2.17. The van der Waals surface area contributed by atoms with E-state index >= 15 is 0 Å². The van der Waals surface area contributed by atoms with Gasteiger partial charge in [-0.1, -0.05) is 0 Å². The molecule has 1 atom stereocenters. The van der Waals surface area contributed by atoms with Gasteiger partial charge in [0.15, 0.2) is 5.69 Å². The predicted molar refractivity (Wildman–Crippen MR) is 39.6 cm³/mol. The second-order valence-corrected chi connectivity index (χ2v) is 2.69. The number of aliphatic carboxylic acids is 1. The molecule has 1 aromatic heterocycles. The topological polar surface area (TPSA) is 55.1 Å². The van der Waals surface area contributed by atoms with Crippen molar-refractivity contribution in [2.75, 3.05) is 0 Å². The van der Waals surface area contributed by atoms with Crippen molar-refractivity contribution in [2.45, 2.75) is 19.1 Å². The van der Waals surface area contributed by atoms with Crippen molar-refractivity contribution in [1.82, 2.24) is 9.78 Å². The SMILES string of the molecule is C[C@H](C(=O)O)n1ccc(C(F)(F)F)n1. The summed E-state index contributed by atoms with van der Waals surface area (Å²) in [4.78, 5) is 10.4. The quantitative estimate of drug-likeness (QED) is 0.802. The highest BCUT2D eigenvalue weighted by Gasteiger charge is 2.34. The zero-order valence-corrected chi connectivity index (χ0v) is 7.12. The number of carboxylic acid groups (broad SMARTS) is 1. The third kappa shape index (κ3) is 2.04. The van der Waals surface area contributed by atoms with Gasteiger partial charge in [-0.25, -0.2) is 4.79 Å². The minimum absolute atomic E-state index is 0.736. The Morgan fingerprint density at radius 2 is 2.21 bits per heavy atom. The van der Waals surface area contributed by atoms with Crippen LogP contribution in [0.5, 0.6) is 0 Å². The van der Waals surface area contributed by atoms with Crippen LogP contribution in [0.15, 0.2) is 12.3 Å². The molecule has 1 aromatic rings. The first kappa shape index (κ1) is 10.6. The first-order valence-corrected chi connectivity index (χ1v) is 3.67. The molecule has 0 radical (unpaired) electrons. The normalized spacial score (nSPS) is 14.0. The summed E-state index contributed by atoms with van der Waals surface area (Å²) in [5.74, 6) is -1.23. The minimum Gasteiger partial charge on any atom is -0.480 e. The lowest BCUT2D eigenvalue weighted by molar-refractivity contribution is -0.144. The number of nitrogens with zero attached hydrogens (tertiary/aromatic N) is 2. The van der Waals surface area contributed by atoms with E-state index in [1.807, 2.05) is 0 Å². The van der Waals surface area contributed by atoms with Crippen LogP contribution in [-0.4, -0.2) is 20.9 Å². The number of carbonyl (C=O) groups is 1. The van der Waals surface area contributed by atoms with E-state index in [0.29, 0.717) is 0 Å². The first-order valence-electron chi connectivity index (χ1n) is 3.67. The molecule has 0 aromatic carbocycles. The molecule has 0 spiro atoms. The Bertz CT molecular complexity index is 345. The Kier molecular flexibility index (Phi) is 2.50. The number of halogens is 3.